The van der Waals surface area contributed by atoms with Gasteiger partial charge in [-0.05, 0) is 30.9 Å². The van der Waals surface area contributed by atoms with E-state index in [1.807, 2.05) is 18.2 Å². The first-order chi connectivity index (χ1) is 6.18. The number of benzene rings is 1. The lowest BCUT2D eigenvalue weighted by molar-refractivity contribution is 0.918. The topological polar surface area (TPSA) is 0 Å². The molecule has 0 bridgehead atoms. The molecule has 13 heavy (non-hydrogen) atoms. The van der Waals surface area contributed by atoms with Gasteiger partial charge in [0.1, 0.15) is 7.85 Å². The second-order valence-electron chi connectivity index (χ2n) is 3.80. The summed E-state index contributed by atoms with van der Waals surface area (Å²) in [7, 11) is 5.74. The van der Waals surface area contributed by atoms with Gasteiger partial charge in [0.05, 0.1) is 5.41 Å². The highest BCUT2D eigenvalue weighted by molar-refractivity contribution is 6.32. The summed E-state index contributed by atoms with van der Waals surface area (Å²) in [5, 5.41) is 0. The van der Waals surface area contributed by atoms with E-state index in [-0.39, 0.29) is 5.41 Å². The molecule has 1 aliphatic rings. The fourth-order valence-corrected chi connectivity index (χ4v) is 1.77. The summed E-state index contributed by atoms with van der Waals surface area (Å²) in [4.78, 5) is 0. The molecule has 0 atom stereocenters. The molecule has 0 amide bonds. The molecule has 0 heterocycles. The zero-order valence-corrected chi connectivity index (χ0v) is 7.80. The summed E-state index contributed by atoms with van der Waals surface area (Å²) in [6, 6.07) is 5.98. The van der Waals surface area contributed by atoms with Crippen LogP contribution in [0.25, 0.3) is 0 Å². The first-order valence-electron chi connectivity index (χ1n) is 4.52. The van der Waals surface area contributed by atoms with Crippen molar-refractivity contribution < 1.29 is 0 Å². The molecule has 0 aliphatic heterocycles. The number of hydrogen-bond acceptors (Lipinski definition) is 0. The van der Waals surface area contributed by atoms with Gasteiger partial charge in [-0.25, -0.2) is 0 Å². The van der Waals surface area contributed by atoms with Crippen molar-refractivity contribution in [2.45, 2.75) is 25.2 Å². The molecule has 1 heteroatoms. The van der Waals surface area contributed by atoms with Crippen LogP contribution in [-0.2, 0) is 5.41 Å². The summed E-state index contributed by atoms with van der Waals surface area (Å²) in [5.41, 5.74) is 3.32. The van der Waals surface area contributed by atoms with Crippen LogP contribution in [0.4, 0.5) is 0 Å². The van der Waals surface area contributed by atoms with Crippen molar-refractivity contribution in [3.8, 4) is 12.3 Å². The minimum absolute atomic E-state index is 0.0134. The highest BCUT2D eigenvalue weighted by Gasteiger charge is 2.43. The third-order valence-electron chi connectivity index (χ3n) is 2.80. The van der Waals surface area contributed by atoms with Gasteiger partial charge in [-0.3, -0.25) is 0 Å². The van der Waals surface area contributed by atoms with E-state index in [4.69, 9.17) is 14.3 Å². The molecule has 1 saturated carbocycles. The third-order valence-corrected chi connectivity index (χ3v) is 2.80. The predicted octanol–water partition coefficient (Wildman–Crippen LogP) is 1.45. The molecule has 1 aromatic rings. The Kier molecular flexibility index (Phi) is 1.73. The molecule has 1 fully saturated rings. The van der Waals surface area contributed by atoms with E-state index in [0.717, 1.165) is 18.3 Å². The van der Waals surface area contributed by atoms with Crippen molar-refractivity contribution in [1.29, 1.82) is 0 Å². The zero-order chi connectivity index (χ0) is 9.47. The van der Waals surface area contributed by atoms with E-state index < -0.39 is 0 Å². The summed E-state index contributed by atoms with van der Waals surface area (Å²) < 4.78 is 0. The maximum absolute atomic E-state index is 5.74. The van der Waals surface area contributed by atoms with Crippen LogP contribution >= 0.6 is 0 Å². The van der Waals surface area contributed by atoms with Crippen LogP contribution in [0.3, 0.4) is 0 Å². The third kappa shape index (κ3) is 1.27. The predicted molar refractivity (Wildman–Crippen MR) is 56.3 cm³/mol. The van der Waals surface area contributed by atoms with Crippen molar-refractivity contribution in [2.24, 2.45) is 0 Å². The molecule has 0 saturated heterocycles. The molecule has 0 spiro atoms. The lowest BCUT2D eigenvalue weighted by Crippen LogP contribution is -2.11. The fraction of sp³-hybridized carbons (Fsp3) is 0.333. The van der Waals surface area contributed by atoms with E-state index in [9.17, 15) is 0 Å². The zero-order valence-electron chi connectivity index (χ0n) is 7.80. The van der Waals surface area contributed by atoms with Crippen molar-refractivity contribution in [2.75, 3.05) is 0 Å². The second-order valence-corrected chi connectivity index (χ2v) is 3.80. The first kappa shape index (κ1) is 8.44. The normalized spacial score (nSPS) is 17.8. The molecule has 0 N–H and O–H groups in total. The first-order valence-corrected chi connectivity index (χ1v) is 4.52. The van der Waals surface area contributed by atoms with Gasteiger partial charge in [-0.2, -0.15) is 0 Å². The Morgan fingerprint density at radius 2 is 2.15 bits per heavy atom. The van der Waals surface area contributed by atoms with Crippen LogP contribution in [-0.4, -0.2) is 7.85 Å². The van der Waals surface area contributed by atoms with Crippen LogP contribution in [0.15, 0.2) is 18.2 Å². The van der Waals surface area contributed by atoms with Gasteiger partial charge in [0.15, 0.2) is 0 Å². The highest BCUT2D eigenvalue weighted by atomic mass is 14.4. The minimum atomic E-state index is 0.0134. The average Bonchev–Trinajstić information content (AvgIpc) is 2.90. The summed E-state index contributed by atoms with van der Waals surface area (Å²) in [5.74, 6) is 2.88. The molecule has 1 aromatic carbocycles. The lowest BCUT2D eigenvalue weighted by Gasteiger charge is -2.12. The van der Waals surface area contributed by atoms with Gasteiger partial charge < -0.3 is 0 Å². The Hall–Kier alpha value is -1.16. The SMILES string of the molecule is [B]c1ccc(C)c(C2(C#C)CC2)c1. The molecular formula is C12H11B. The van der Waals surface area contributed by atoms with Gasteiger partial charge in [0, 0.05) is 0 Å². The number of terminal acetylenes is 1. The van der Waals surface area contributed by atoms with E-state index in [0.29, 0.717) is 0 Å². The molecule has 2 rings (SSSR count). The van der Waals surface area contributed by atoms with Gasteiger partial charge in [0.2, 0.25) is 0 Å². The Bertz CT molecular complexity index is 381. The highest BCUT2D eigenvalue weighted by Crippen LogP contribution is 2.48. The van der Waals surface area contributed by atoms with Crippen molar-refractivity contribution >= 4 is 13.3 Å². The smallest absolute Gasteiger partial charge is 0.113 e. The Morgan fingerprint density at radius 3 is 2.69 bits per heavy atom. The van der Waals surface area contributed by atoms with Gasteiger partial charge in [0.25, 0.3) is 0 Å². The van der Waals surface area contributed by atoms with E-state index in [2.05, 4.69) is 12.8 Å². The number of rotatable bonds is 1. The van der Waals surface area contributed by atoms with Crippen LogP contribution in [0.2, 0.25) is 0 Å². The average molecular weight is 166 g/mol. The van der Waals surface area contributed by atoms with Crippen molar-refractivity contribution in [3.63, 3.8) is 0 Å². The van der Waals surface area contributed by atoms with Crippen LogP contribution in [0, 0.1) is 19.3 Å². The maximum atomic E-state index is 5.74. The summed E-state index contributed by atoms with van der Waals surface area (Å²) in [6.07, 6.45) is 7.74. The van der Waals surface area contributed by atoms with Crippen LogP contribution in [0.5, 0.6) is 0 Å². The molecular weight excluding hydrogens is 155 g/mol. The Labute approximate surface area is 80.8 Å². The van der Waals surface area contributed by atoms with Crippen molar-refractivity contribution in [1.82, 2.24) is 0 Å². The molecule has 2 radical (unpaired) electrons. The largest absolute Gasteiger partial charge is 0.119 e. The van der Waals surface area contributed by atoms with Gasteiger partial charge in [-0.1, -0.05) is 29.6 Å². The van der Waals surface area contributed by atoms with Crippen LogP contribution < -0.4 is 5.46 Å². The second kappa shape index (κ2) is 2.67. The summed E-state index contributed by atoms with van der Waals surface area (Å²) in [6.45, 7) is 2.09. The minimum Gasteiger partial charge on any atom is -0.119 e. The number of aryl methyl sites for hydroxylation is 1. The van der Waals surface area contributed by atoms with Crippen LogP contribution in [0.1, 0.15) is 24.0 Å². The van der Waals surface area contributed by atoms with E-state index >= 15 is 0 Å². The lowest BCUT2D eigenvalue weighted by atomic mass is 9.86. The summed E-state index contributed by atoms with van der Waals surface area (Å²) >= 11 is 0. The van der Waals surface area contributed by atoms with Crippen molar-refractivity contribution in [3.05, 3.63) is 29.3 Å². The van der Waals surface area contributed by atoms with E-state index in [1.165, 1.54) is 11.1 Å². The van der Waals surface area contributed by atoms with Gasteiger partial charge in [-0.15, -0.1) is 6.42 Å². The Morgan fingerprint density at radius 1 is 1.46 bits per heavy atom. The number of hydrogen-bond donors (Lipinski definition) is 0. The van der Waals surface area contributed by atoms with Gasteiger partial charge >= 0.3 is 0 Å². The molecule has 0 nitrogen and oxygen atoms in total. The standard InChI is InChI=1S/C12H11B/c1-3-12(6-7-12)11-8-10(13)5-4-9(11)2/h1,4-5,8H,6-7H2,2H3. The quantitative estimate of drug-likeness (QED) is 0.437. The Balaban J connectivity index is 2.52. The molecule has 0 unspecified atom stereocenters. The molecule has 0 aromatic heterocycles. The fourth-order valence-electron chi connectivity index (χ4n) is 1.77. The monoisotopic (exact) mass is 166 g/mol. The maximum Gasteiger partial charge on any atom is 0.113 e. The van der Waals surface area contributed by atoms with E-state index in [1.54, 1.807) is 0 Å². The molecule has 1 aliphatic carbocycles. The molecule has 62 valence electrons.